The fraction of sp³-hybridized carbons (Fsp3) is 0.0588. The van der Waals surface area contributed by atoms with Gasteiger partial charge in [-0.05, 0) is 18.2 Å². The maximum Gasteiger partial charge on any atom is 0.269 e. The number of hydrogen-bond acceptors (Lipinski definition) is 5. The minimum Gasteiger partial charge on any atom is -0.327 e. The van der Waals surface area contributed by atoms with Crippen LogP contribution in [0.3, 0.4) is 0 Å². The highest BCUT2D eigenvalue weighted by Crippen LogP contribution is 2.24. The predicted molar refractivity (Wildman–Crippen MR) is 91.3 cm³/mol. The molecule has 0 saturated carbocycles. The summed E-state index contributed by atoms with van der Waals surface area (Å²) in [5, 5.41) is 9.26. The van der Waals surface area contributed by atoms with Gasteiger partial charge in [-0.25, -0.2) is 0 Å². The molecule has 0 saturated heterocycles. The van der Waals surface area contributed by atoms with Gasteiger partial charge >= 0.3 is 0 Å². The third-order valence-electron chi connectivity index (χ3n) is 3.83. The van der Waals surface area contributed by atoms with Crippen LogP contribution in [0.4, 0.5) is 5.95 Å². The van der Waals surface area contributed by atoms with Crippen molar-refractivity contribution in [3.8, 4) is 0 Å². The number of carbonyl (C=O) groups is 1. The number of benzene rings is 2. The van der Waals surface area contributed by atoms with E-state index in [9.17, 15) is 4.79 Å². The fourth-order valence-electron chi connectivity index (χ4n) is 2.63. The molecular weight excluding hydrogens is 304 g/mol. The summed E-state index contributed by atoms with van der Waals surface area (Å²) in [5.74, 6) is -0.0333. The van der Waals surface area contributed by atoms with Crippen molar-refractivity contribution < 1.29 is 4.79 Å². The molecule has 7 heteroatoms. The molecule has 1 amide bonds. The van der Waals surface area contributed by atoms with Crippen LogP contribution in [0, 0.1) is 0 Å². The molecule has 0 aliphatic carbocycles. The summed E-state index contributed by atoms with van der Waals surface area (Å²) in [7, 11) is 1.92. The van der Waals surface area contributed by atoms with Gasteiger partial charge in [-0.3, -0.25) is 15.6 Å². The maximum atomic E-state index is 12.0. The molecule has 2 heterocycles. The highest BCUT2D eigenvalue weighted by molar-refractivity contribution is 6.04. The summed E-state index contributed by atoms with van der Waals surface area (Å²) in [5.41, 5.74) is 8.28. The molecule has 7 nitrogen and oxygen atoms in total. The first-order valence-electron chi connectivity index (χ1n) is 7.43. The number of aryl methyl sites for hydroxylation is 1. The number of amides is 1. The van der Waals surface area contributed by atoms with Crippen molar-refractivity contribution in [3.63, 3.8) is 0 Å². The average molecular weight is 318 g/mol. The number of hydrogen-bond donors (Lipinski definition) is 2. The van der Waals surface area contributed by atoms with Gasteiger partial charge in [0.25, 0.3) is 11.9 Å². The molecule has 24 heavy (non-hydrogen) atoms. The van der Waals surface area contributed by atoms with Crippen molar-refractivity contribution in [2.24, 2.45) is 7.05 Å². The molecule has 2 N–H and O–H groups in total. The van der Waals surface area contributed by atoms with Crippen LogP contribution >= 0.6 is 0 Å². The van der Waals surface area contributed by atoms with Crippen LogP contribution in [-0.4, -0.2) is 25.7 Å². The zero-order chi connectivity index (χ0) is 16.5. The minimum atomic E-state index is -0.267. The molecule has 0 bridgehead atoms. The zero-order valence-corrected chi connectivity index (χ0v) is 12.9. The Morgan fingerprint density at radius 2 is 1.75 bits per heavy atom. The van der Waals surface area contributed by atoms with E-state index in [1.807, 2.05) is 41.9 Å². The predicted octanol–water partition coefficient (Wildman–Crippen LogP) is 2.27. The van der Waals surface area contributed by atoms with Crippen LogP contribution in [0.1, 0.15) is 10.4 Å². The Bertz CT molecular complexity index is 1040. The van der Waals surface area contributed by atoms with Crippen molar-refractivity contribution in [2.75, 3.05) is 5.43 Å². The third kappa shape index (κ3) is 2.32. The standard InChI is InChI=1S/C17H14N6O/c1-23-13-10-6-5-9-12(13)14-15(23)18-17(21-19-14)22-20-16(24)11-7-3-2-4-8-11/h2-10H,1H3,(H,20,24)(H,18,21,22). The van der Waals surface area contributed by atoms with Gasteiger partial charge in [-0.15, -0.1) is 10.2 Å². The highest BCUT2D eigenvalue weighted by atomic mass is 16.2. The number of nitrogens with one attached hydrogen (secondary N) is 2. The second-order valence-corrected chi connectivity index (χ2v) is 5.33. The first-order valence-corrected chi connectivity index (χ1v) is 7.43. The summed E-state index contributed by atoms with van der Waals surface area (Å²) >= 11 is 0. The SMILES string of the molecule is Cn1c2ccccc2c2nnc(NNC(=O)c3ccccc3)nc21. The van der Waals surface area contributed by atoms with E-state index >= 15 is 0 Å². The molecule has 0 unspecified atom stereocenters. The van der Waals surface area contributed by atoms with E-state index in [0.29, 0.717) is 11.2 Å². The monoisotopic (exact) mass is 318 g/mol. The molecule has 0 fully saturated rings. The van der Waals surface area contributed by atoms with Gasteiger partial charge in [0.2, 0.25) is 0 Å². The minimum absolute atomic E-state index is 0.234. The summed E-state index contributed by atoms with van der Waals surface area (Å²) in [6, 6.07) is 16.8. The lowest BCUT2D eigenvalue weighted by atomic mass is 10.2. The second kappa shape index (κ2) is 5.62. The van der Waals surface area contributed by atoms with E-state index in [4.69, 9.17) is 0 Å². The fourth-order valence-corrected chi connectivity index (χ4v) is 2.63. The number of para-hydroxylation sites is 1. The van der Waals surface area contributed by atoms with Gasteiger partial charge in [0.1, 0.15) is 5.52 Å². The summed E-state index contributed by atoms with van der Waals surface area (Å²) in [6.07, 6.45) is 0. The quantitative estimate of drug-likeness (QED) is 0.566. The van der Waals surface area contributed by atoms with Crippen molar-refractivity contribution in [2.45, 2.75) is 0 Å². The van der Waals surface area contributed by atoms with E-state index in [1.165, 1.54) is 0 Å². The zero-order valence-electron chi connectivity index (χ0n) is 12.9. The number of anilines is 1. The summed E-state index contributed by atoms with van der Waals surface area (Å²) in [4.78, 5) is 16.5. The van der Waals surface area contributed by atoms with Crippen LogP contribution < -0.4 is 10.9 Å². The molecular formula is C17H14N6O. The second-order valence-electron chi connectivity index (χ2n) is 5.33. The van der Waals surface area contributed by atoms with Crippen molar-refractivity contribution in [1.29, 1.82) is 0 Å². The highest BCUT2D eigenvalue weighted by Gasteiger charge is 2.12. The molecule has 0 aliphatic rings. The van der Waals surface area contributed by atoms with E-state index in [0.717, 1.165) is 16.4 Å². The van der Waals surface area contributed by atoms with Gasteiger partial charge in [-0.2, -0.15) is 4.98 Å². The third-order valence-corrected chi connectivity index (χ3v) is 3.83. The van der Waals surface area contributed by atoms with Crippen LogP contribution in [0.5, 0.6) is 0 Å². The number of fused-ring (bicyclic) bond motifs is 3. The van der Waals surface area contributed by atoms with Crippen molar-refractivity contribution in [3.05, 3.63) is 60.2 Å². The molecule has 4 rings (SSSR count). The topological polar surface area (TPSA) is 84.7 Å². The first-order chi connectivity index (χ1) is 11.7. The molecule has 4 aromatic rings. The summed E-state index contributed by atoms with van der Waals surface area (Å²) in [6.45, 7) is 0. The molecule has 2 aromatic carbocycles. The Hall–Kier alpha value is -3.48. The molecule has 0 spiro atoms. The smallest absolute Gasteiger partial charge is 0.269 e. The van der Waals surface area contributed by atoms with Crippen molar-refractivity contribution in [1.82, 2.24) is 25.2 Å². The van der Waals surface area contributed by atoms with Crippen molar-refractivity contribution >= 4 is 33.9 Å². The van der Waals surface area contributed by atoms with E-state index in [-0.39, 0.29) is 11.9 Å². The maximum absolute atomic E-state index is 12.0. The number of carbonyl (C=O) groups excluding carboxylic acids is 1. The van der Waals surface area contributed by atoms with E-state index in [2.05, 4.69) is 26.0 Å². The molecule has 2 aromatic heterocycles. The number of nitrogens with zero attached hydrogens (tertiary/aromatic N) is 4. The Labute approximate surface area is 137 Å². The lowest BCUT2D eigenvalue weighted by molar-refractivity contribution is 0.0962. The van der Waals surface area contributed by atoms with Gasteiger partial charge < -0.3 is 4.57 Å². The van der Waals surface area contributed by atoms with Crippen LogP contribution in [0.2, 0.25) is 0 Å². The Morgan fingerprint density at radius 1 is 1.00 bits per heavy atom. The van der Waals surface area contributed by atoms with Gasteiger partial charge in [0.15, 0.2) is 5.65 Å². The molecule has 0 radical (unpaired) electrons. The molecule has 118 valence electrons. The number of hydrazine groups is 1. The lowest BCUT2D eigenvalue weighted by Crippen LogP contribution is -2.30. The lowest BCUT2D eigenvalue weighted by Gasteiger charge is -2.06. The molecule has 0 aliphatic heterocycles. The van der Waals surface area contributed by atoms with Gasteiger partial charge in [-0.1, -0.05) is 36.4 Å². The number of aromatic nitrogens is 4. The largest absolute Gasteiger partial charge is 0.327 e. The number of rotatable bonds is 3. The van der Waals surface area contributed by atoms with Crippen LogP contribution in [0.25, 0.3) is 22.1 Å². The van der Waals surface area contributed by atoms with Crippen LogP contribution in [-0.2, 0) is 7.05 Å². The van der Waals surface area contributed by atoms with E-state index < -0.39 is 0 Å². The normalized spacial score (nSPS) is 10.9. The van der Waals surface area contributed by atoms with Gasteiger partial charge in [0.05, 0.1) is 5.52 Å². The summed E-state index contributed by atoms with van der Waals surface area (Å²) < 4.78 is 1.95. The van der Waals surface area contributed by atoms with Crippen LogP contribution in [0.15, 0.2) is 54.6 Å². The average Bonchev–Trinajstić information content (AvgIpc) is 2.93. The first kappa shape index (κ1) is 14.1. The Morgan fingerprint density at radius 3 is 2.58 bits per heavy atom. The van der Waals surface area contributed by atoms with Gasteiger partial charge in [0, 0.05) is 18.0 Å². The Balaban J connectivity index is 1.63. The Kier molecular flexibility index (Phi) is 3.31. The van der Waals surface area contributed by atoms with E-state index in [1.54, 1.807) is 24.3 Å². The molecule has 0 atom stereocenters.